The quantitative estimate of drug-likeness (QED) is 0.626. The Hall–Kier alpha value is -2.96. The SMILES string of the molecule is O=C1CCC(N2Cc3c(NC(=O)CC4CC=CC4)cccc3C2=O)C(=O)N1. The second kappa shape index (κ2) is 6.98. The van der Waals surface area contributed by atoms with Crippen LogP contribution < -0.4 is 10.6 Å². The van der Waals surface area contributed by atoms with Gasteiger partial charge in [0.1, 0.15) is 6.04 Å². The van der Waals surface area contributed by atoms with Crippen molar-refractivity contribution in [3.05, 3.63) is 41.5 Å². The lowest BCUT2D eigenvalue weighted by Gasteiger charge is -2.29. The molecule has 2 aliphatic heterocycles. The number of anilines is 1. The van der Waals surface area contributed by atoms with Gasteiger partial charge in [0.15, 0.2) is 0 Å². The van der Waals surface area contributed by atoms with Crippen LogP contribution in [0.2, 0.25) is 0 Å². The highest BCUT2D eigenvalue weighted by molar-refractivity contribution is 6.06. The largest absolute Gasteiger partial charge is 0.326 e. The third kappa shape index (κ3) is 3.37. The third-order valence-corrected chi connectivity index (χ3v) is 5.44. The molecule has 0 bridgehead atoms. The molecule has 7 nitrogen and oxygen atoms in total. The van der Waals surface area contributed by atoms with Gasteiger partial charge < -0.3 is 10.2 Å². The molecule has 7 heteroatoms. The van der Waals surface area contributed by atoms with Gasteiger partial charge in [-0.2, -0.15) is 0 Å². The van der Waals surface area contributed by atoms with Crippen molar-refractivity contribution in [2.75, 3.05) is 5.32 Å². The average molecular weight is 367 g/mol. The summed E-state index contributed by atoms with van der Waals surface area (Å²) < 4.78 is 0. The van der Waals surface area contributed by atoms with Gasteiger partial charge in [-0.1, -0.05) is 18.2 Å². The summed E-state index contributed by atoms with van der Waals surface area (Å²) >= 11 is 0. The Kier molecular flexibility index (Phi) is 4.51. The maximum Gasteiger partial charge on any atom is 0.255 e. The minimum absolute atomic E-state index is 0.0657. The molecule has 0 spiro atoms. The Morgan fingerprint density at radius 1 is 1.19 bits per heavy atom. The standard InChI is InChI=1S/C20H21N3O4/c24-17-9-8-16(19(26)22-17)23-11-14-13(20(23)27)6-3-7-15(14)21-18(25)10-12-4-1-2-5-12/h1-3,6-7,12,16H,4-5,8-11H2,(H,21,25)(H,22,24,26). The van der Waals surface area contributed by atoms with E-state index in [0.717, 1.165) is 18.4 Å². The van der Waals surface area contributed by atoms with Crippen LogP contribution in [0.25, 0.3) is 0 Å². The van der Waals surface area contributed by atoms with Gasteiger partial charge in [-0.25, -0.2) is 0 Å². The number of nitrogens with one attached hydrogen (secondary N) is 2. The molecule has 1 aliphatic carbocycles. The van der Waals surface area contributed by atoms with Crippen LogP contribution in [-0.4, -0.2) is 34.6 Å². The number of amides is 4. The molecule has 27 heavy (non-hydrogen) atoms. The first-order chi connectivity index (χ1) is 13.0. The van der Waals surface area contributed by atoms with Gasteiger partial charge >= 0.3 is 0 Å². The predicted molar refractivity (Wildman–Crippen MR) is 97.6 cm³/mol. The molecule has 0 aromatic heterocycles. The number of piperidine rings is 1. The van der Waals surface area contributed by atoms with E-state index in [2.05, 4.69) is 22.8 Å². The molecule has 1 aromatic carbocycles. The lowest BCUT2D eigenvalue weighted by molar-refractivity contribution is -0.137. The van der Waals surface area contributed by atoms with E-state index in [0.29, 0.717) is 30.0 Å². The van der Waals surface area contributed by atoms with Crippen molar-refractivity contribution in [1.29, 1.82) is 0 Å². The molecular weight excluding hydrogens is 346 g/mol. The van der Waals surface area contributed by atoms with Crippen molar-refractivity contribution in [3.8, 4) is 0 Å². The molecule has 1 aromatic rings. The molecule has 1 unspecified atom stereocenters. The molecule has 4 amide bonds. The molecule has 4 rings (SSSR count). The van der Waals surface area contributed by atoms with E-state index in [1.54, 1.807) is 18.2 Å². The number of allylic oxidation sites excluding steroid dienone is 2. The van der Waals surface area contributed by atoms with E-state index in [1.807, 2.05) is 0 Å². The van der Waals surface area contributed by atoms with Crippen LogP contribution in [0.5, 0.6) is 0 Å². The van der Waals surface area contributed by atoms with Crippen LogP contribution in [0, 0.1) is 5.92 Å². The number of imide groups is 1. The van der Waals surface area contributed by atoms with Crippen molar-refractivity contribution in [3.63, 3.8) is 0 Å². The Balaban J connectivity index is 1.49. The van der Waals surface area contributed by atoms with E-state index < -0.39 is 11.9 Å². The Morgan fingerprint density at radius 2 is 1.96 bits per heavy atom. The van der Waals surface area contributed by atoms with Crippen LogP contribution >= 0.6 is 0 Å². The molecular formula is C20H21N3O4. The molecule has 140 valence electrons. The zero-order valence-corrected chi connectivity index (χ0v) is 14.9. The number of carbonyl (C=O) groups is 4. The number of rotatable bonds is 4. The lowest BCUT2D eigenvalue weighted by Crippen LogP contribution is -2.52. The molecule has 2 N–H and O–H groups in total. The highest BCUT2D eigenvalue weighted by Crippen LogP contribution is 2.32. The van der Waals surface area contributed by atoms with Gasteiger partial charge in [-0.3, -0.25) is 24.5 Å². The first-order valence-electron chi connectivity index (χ1n) is 9.24. The van der Waals surface area contributed by atoms with E-state index in [4.69, 9.17) is 0 Å². The Bertz CT molecular complexity index is 853. The van der Waals surface area contributed by atoms with E-state index in [1.165, 1.54) is 4.90 Å². The number of nitrogens with zero attached hydrogens (tertiary/aromatic N) is 1. The molecule has 1 atom stereocenters. The van der Waals surface area contributed by atoms with Crippen molar-refractivity contribution < 1.29 is 19.2 Å². The summed E-state index contributed by atoms with van der Waals surface area (Å²) in [6.07, 6.45) is 7.01. The molecule has 2 heterocycles. The summed E-state index contributed by atoms with van der Waals surface area (Å²) in [5, 5.41) is 5.22. The van der Waals surface area contributed by atoms with E-state index in [9.17, 15) is 19.2 Å². The van der Waals surface area contributed by atoms with Crippen LogP contribution in [0.15, 0.2) is 30.4 Å². The van der Waals surface area contributed by atoms with Crippen LogP contribution in [0.3, 0.4) is 0 Å². The maximum absolute atomic E-state index is 12.8. The van der Waals surface area contributed by atoms with E-state index in [-0.39, 0.29) is 30.7 Å². The molecule has 0 radical (unpaired) electrons. The van der Waals surface area contributed by atoms with Gasteiger partial charge in [0.25, 0.3) is 5.91 Å². The molecule has 1 saturated heterocycles. The van der Waals surface area contributed by atoms with E-state index >= 15 is 0 Å². The number of benzene rings is 1. The number of hydrogen-bond donors (Lipinski definition) is 2. The predicted octanol–water partition coefficient (Wildman–Crippen LogP) is 1.74. The molecule has 3 aliphatic rings. The second-order valence-electron chi connectivity index (χ2n) is 7.29. The summed E-state index contributed by atoms with van der Waals surface area (Å²) in [6.45, 7) is 0.252. The maximum atomic E-state index is 12.8. The summed E-state index contributed by atoms with van der Waals surface area (Å²) in [6, 6.07) is 4.57. The van der Waals surface area contributed by atoms with Gasteiger partial charge in [0.2, 0.25) is 17.7 Å². The summed E-state index contributed by atoms with van der Waals surface area (Å²) in [5.74, 6) is -0.718. The monoisotopic (exact) mass is 367 g/mol. The Labute approximate surface area is 156 Å². The van der Waals surface area contributed by atoms with Crippen LogP contribution in [0.1, 0.15) is 48.0 Å². The van der Waals surface area contributed by atoms with Crippen molar-refractivity contribution >= 4 is 29.3 Å². The lowest BCUT2D eigenvalue weighted by atomic mass is 10.0. The van der Waals surface area contributed by atoms with Crippen LogP contribution in [-0.2, 0) is 20.9 Å². The number of hydrogen-bond acceptors (Lipinski definition) is 4. The molecule has 1 fully saturated rings. The van der Waals surface area contributed by atoms with Gasteiger partial charge in [-0.15, -0.1) is 0 Å². The zero-order valence-electron chi connectivity index (χ0n) is 14.9. The van der Waals surface area contributed by atoms with Crippen molar-refractivity contribution in [2.24, 2.45) is 5.92 Å². The highest BCUT2D eigenvalue weighted by Gasteiger charge is 2.39. The van der Waals surface area contributed by atoms with Crippen molar-refractivity contribution in [1.82, 2.24) is 10.2 Å². The van der Waals surface area contributed by atoms with Crippen LogP contribution in [0.4, 0.5) is 5.69 Å². The number of carbonyl (C=O) groups excluding carboxylic acids is 4. The summed E-state index contributed by atoms with van der Waals surface area (Å²) in [4.78, 5) is 50.2. The van der Waals surface area contributed by atoms with Gasteiger partial charge in [-0.05, 0) is 37.3 Å². The first kappa shape index (κ1) is 17.5. The smallest absolute Gasteiger partial charge is 0.255 e. The fourth-order valence-corrected chi connectivity index (χ4v) is 4.01. The minimum atomic E-state index is -0.657. The third-order valence-electron chi connectivity index (χ3n) is 5.44. The average Bonchev–Trinajstić information content (AvgIpc) is 3.24. The second-order valence-corrected chi connectivity index (χ2v) is 7.29. The number of fused-ring (bicyclic) bond motifs is 1. The topological polar surface area (TPSA) is 95.6 Å². The normalized spacial score (nSPS) is 22.1. The fraction of sp³-hybridized carbons (Fsp3) is 0.400. The van der Waals surface area contributed by atoms with Gasteiger partial charge in [0, 0.05) is 36.2 Å². The van der Waals surface area contributed by atoms with Gasteiger partial charge in [0.05, 0.1) is 0 Å². The highest BCUT2D eigenvalue weighted by atomic mass is 16.2. The minimum Gasteiger partial charge on any atom is -0.326 e. The summed E-state index contributed by atoms with van der Waals surface area (Å²) in [5.41, 5.74) is 1.84. The molecule has 0 saturated carbocycles. The fourth-order valence-electron chi connectivity index (χ4n) is 4.01. The van der Waals surface area contributed by atoms with Crippen molar-refractivity contribution in [2.45, 2.75) is 44.7 Å². The Morgan fingerprint density at radius 3 is 2.70 bits per heavy atom. The first-order valence-corrected chi connectivity index (χ1v) is 9.24. The zero-order chi connectivity index (χ0) is 19.0. The summed E-state index contributed by atoms with van der Waals surface area (Å²) in [7, 11) is 0.